The number of aliphatic carboxylic acids is 1. The van der Waals surface area contributed by atoms with Gasteiger partial charge in [0.15, 0.2) is 12.3 Å². The maximum absolute atomic E-state index is 13.6. The van der Waals surface area contributed by atoms with Crippen LogP contribution in [-0.2, 0) is 28.5 Å². The fraction of sp³-hybridized carbons (Fsp3) is 0.562. The smallest absolute Gasteiger partial charge is 0.412 e. The minimum absolute atomic E-state index is 0.0960. The number of benzene rings is 2. The third-order valence-corrected chi connectivity index (χ3v) is 8.10. The van der Waals surface area contributed by atoms with Crippen molar-refractivity contribution in [2.45, 2.75) is 82.5 Å². The van der Waals surface area contributed by atoms with Gasteiger partial charge in [-0.3, -0.25) is 4.90 Å². The van der Waals surface area contributed by atoms with Gasteiger partial charge in [-0.05, 0) is 74.1 Å². The van der Waals surface area contributed by atoms with Crippen LogP contribution >= 0.6 is 0 Å². The molecule has 41 heavy (non-hydrogen) atoms. The second-order valence-corrected chi connectivity index (χ2v) is 11.0. The third kappa shape index (κ3) is 7.27. The van der Waals surface area contributed by atoms with Crippen LogP contribution in [0.3, 0.4) is 0 Å². The van der Waals surface area contributed by atoms with Crippen molar-refractivity contribution in [3.63, 3.8) is 0 Å². The van der Waals surface area contributed by atoms with Gasteiger partial charge in [-0.1, -0.05) is 48.5 Å². The number of hydrogen-bond acceptors (Lipinski definition) is 7. The molecule has 2 aliphatic heterocycles. The molecule has 4 atom stereocenters. The van der Waals surface area contributed by atoms with Gasteiger partial charge in [0.25, 0.3) is 0 Å². The summed E-state index contributed by atoms with van der Waals surface area (Å²) in [5.41, 5.74) is 4.44. The van der Waals surface area contributed by atoms with Crippen LogP contribution in [0.1, 0.15) is 68.9 Å². The van der Waals surface area contributed by atoms with E-state index in [1.807, 2.05) is 31.2 Å². The topological polar surface area (TPSA) is 104 Å². The number of amides is 1. The van der Waals surface area contributed by atoms with Crippen molar-refractivity contribution in [3.05, 3.63) is 59.7 Å². The molecule has 1 aliphatic carbocycles. The largest absolute Gasteiger partial charge is 0.480 e. The molecule has 5 rings (SSSR count). The summed E-state index contributed by atoms with van der Waals surface area (Å²) >= 11 is 0. The van der Waals surface area contributed by atoms with Crippen molar-refractivity contribution in [1.82, 2.24) is 4.90 Å². The Morgan fingerprint density at radius 3 is 2.22 bits per heavy atom. The van der Waals surface area contributed by atoms with Crippen molar-refractivity contribution in [2.24, 2.45) is 0 Å². The Morgan fingerprint density at radius 1 is 0.951 bits per heavy atom. The van der Waals surface area contributed by atoms with Crippen LogP contribution in [0.25, 0.3) is 11.1 Å². The zero-order chi connectivity index (χ0) is 28.6. The molecule has 9 nitrogen and oxygen atoms in total. The number of nitrogens with zero attached hydrogens (tertiary/aromatic N) is 1. The number of rotatable bonds is 12. The van der Waals surface area contributed by atoms with Crippen molar-refractivity contribution in [3.8, 4) is 11.1 Å². The van der Waals surface area contributed by atoms with Gasteiger partial charge >= 0.3 is 12.1 Å². The maximum Gasteiger partial charge on any atom is 0.412 e. The second kappa shape index (κ2) is 14.3. The number of carboxylic acids is 1. The molecule has 0 bridgehead atoms. The highest BCUT2D eigenvalue weighted by atomic mass is 16.7. The Balaban J connectivity index is 1.22. The lowest BCUT2D eigenvalue weighted by molar-refractivity contribution is -0.187. The van der Waals surface area contributed by atoms with E-state index in [9.17, 15) is 14.7 Å². The van der Waals surface area contributed by atoms with Gasteiger partial charge in [-0.15, -0.1) is 0 Å². The Kier molecular flexibility index (Phi) is 10.3. The van der Waals surface area contributed by atoms with E-state index in [0.29, 0.717) is 32.7 Å². The highest BCUT2D eigenvalue weighted by Crippen LogP contribution is 2.44. The van der Waals surface area contributed by atoms with Gasteiger partial charge in [0.2, 0.25) is 0 Å². The molecule has 0 spiro atoms. The van der Waals surface area contributed by atoms with E-state index in [4.69, 9.17) is 23.7 Å². The monoisotopic (exact) mass is 567 g/mol. The summed E-state index contributed by atoms with van der Waals surface area (Å²) in [7, 11) is 0. The minimum Gasteiger partial charge on any atom is -0.480 e. The highest BCUT2D eigenvalue weighted by Gasteiger charge is 2.39. The Bertz CT molecular complexity index is 1110. The van der Waals surface area contributed by atoms with Crippen molar-refractivity contribution in [1.29, 1.82) is 0 Å². The summed E-state index contributed by atoms with van der Waals surface area (Å²) in [5, 5.41) is 10.2. The number of hydrogen-bond donors (Lipinski definition) is 1. The molecule has 0 radical (unpaired) electrons. The van der Waals surface area contributed by atoms with E-state index in [2.05, 4.69) is 24.3 Å². The van der Waals surface area contributed by atoms with Gasteiger partial charge in [0.1, 0.15) is 12.8 Å². The lowest BCUT2D eigenvalue weighted by Crippen LogP contribution is -2.54. The first-order valence-electron chi connectivity index (χ1n) is 14.9. The number of carbonyl (C=O) groups is 2. The Hall–Kier alpha value is -2.98. The molecule has 2 saturated heterocycles. The summed E-state index contributed by atoms with van der Waals surface area (Å²) in [6.45, 7) is 3.34. The van der Waals surface area contributed by atoms with E-state index in [1.165, 1.54) is 4.90 Å². The quantitative estimate of drug-likeness (QED) is 0.333. The second-order valence-electron chi connectivity index (χ2n) is 11.0. The van der Waals surface area contributed by atoms with Gasteiger partial charge < -0.3 is 28.8 Å². The SMILES string of the molecule is C[C@@H](CCOCC(C(=O)O)N(C(=O)OCC1c2ccccc2-c2ccccc21)C1CCCCO1)OC1CCCCO1. The van der Waals surface area contributed by atoms with Crippen LogP contribution in [0, 0.1) is 0 Å². The third-order valence-electron chi connectivity index (χ3n) is 8.10. The van der Waals surface area contributed by atoms with Gasteiger partial charge in [-0.2, -0.15) is 0 Å². The van der Waals surface area contributed by atoms with Crippen molar-refractivity contribution in [2.75, 3.05) is 33.0 Å². The molecular weight excluding hydrogens is 526 g/mol. The fourth-order valence-electron chi connectivity index (χ4n) is 5.92. The predicted molar refractivity (Wildman–Crippen MR) is 151 cm³/mol. The fourth-order valence-corrected chi connectivity index (χ4v) is 5.92. The molecule has 1 amide bonds. The van der Waals surface area contributed by atoms with Crippen LogP contribution in [0.15, 0.2) is 48.5 Å². The number of carboxylic acid groups (broad SMARTS) is 1. The maximum atomic E-state index is 13.6. The molecule has 2 heterocycles. The lowest BCUT2D eigenvalue weighted by Gasteiger charge is -2.37. The van der Waals surface area contributed by atoms with E-state index in [-0.39, 0.29) is 31.5 Å². The number of fused-ring (bicyclic) bond motifs is 3. The molecule has 2 aromatic rings. The molecule has 0 saturated carbocycles. The van der Waals surface area contributed by atoms with Gasteiger partial charge in [0, 0.05) is 25.7 Å². The molecule has 2 aromatic carbocycles. The zero-order valence-corrected chi connectivity index (χ0v) is 23.7. The first-order valence-corrected chi connectivity index (χ1v) is 14.9. The summed E-state index contributed by atoms with van der Waals surface area (Å²) in [5.74, 6) is -1.29. The molecule has 1 N–H and O–H groups in total. The first-order chi connectivity index (χ1) is 20.0. The average Bonchev–Trinajstić information content (AvgIpc) is 3.32. The van der Waals surface area contributed by atoms with Crippen LogP contribution in [0.5, 0.6) is 0 Å². The minimum atomic E-state index is -1.24. The molecule has 222 valence electrons. The van der Waals surface area contributed by atoms with Crippen molar-refractivity contribution >= 4 is 12.1 Å². The predicted octanol–water partition coefficient (Wildman–Crippen LogP) is 5.56. The Labute approximate surface area is 241 Å². The van der Waals surface area contributed by atoms with Gasteiger partial charge in [0.05, 0.1) is 12.7 Å². The summed E-state index contributed by atoms with van der Waals surface area (Å²) in [6, 6.07) is 15.0. The molecule has 3 aliphatic rings. The number of carbonyl (C=O) groups excluding carboxylic acids is 1. The molecular formula is C32H41NO8. The Morgan fingerprint density at radius 2 is 1.61 bits per heavy atom. The normalized spacial score (nSPS) is 21.9. The lowest BCUT2D eigenvalue weighted by atomic mass is 9.98. The zero-order valence-electron chi connectivity index (χ0n) is 23.7. The molecule has 9 heteroatoms. The molecule has 2 fully saturated rings. The molecule has 0 aromatic heterocycles. The van der Waals surface area contributed by atoms with Crippen LogP contribution in [0.4, 0.5) is 4.79 Å². The highest BCUT2D eigenvalue weighted by molar-refractivity contribution is 5.81. The van der Waals surface area contributed by atoms with E-state index in [0.717, 1.165) is 54.4 Å². The van der Waals surface area contributed by atoms with Crippen LogP contribution in [0.2, 0.25) is 0 Å². The number of ether oxygens (including phenoxy) is 5. The van der Waals surface area contributed by atoms with Crippen LogP contribution < -0.4 is 0 Å². The van der Waals surface area contributed by atoms with Crippen molar-refractivity contribution < 1.29 is 38.4 Å². The van der Waals surface area contributed by atoms with E-state index >= 15 is 0 Å². The van der Waals surface area contributed by atoms with E-state index in [1.54, 1.807) is 0 Å². The summed E-state index contributed by atoms with van der Waals surface area (Å²) in [6.07, 6.45) is 4.16. The van der Waals surface area contributed by atoms with Gasteiger partial charge in [-0.25, -0.2) is 9.59 Å². The van der Waals surface area contributed by atoms with Crippen LogP contribution in [-0.4, -0.2) is 79.8 Å². The summed E-state index contributed by atoms with van der Waals surface area (Å²) < 4.78 is 29.1. The van der Waals surface area contributed by atoms with E-state index < -0.39 is 24.3 Å². The first kappa shape index (κ1) is 29.5. The average molecular weight is 568 g/mol. The standard InChI is InChI=1S/C32H41NO8/c1-22(41-30-15-7-9-18-39-30)16-19-37-21-28(31(34)35)33(29-14-6-8-17-38-29)32(36)40-20-27-25-12-4-2-10-23(25)24-11-3-5-13-26(24)27/h2-5,10-13,22,27-30H,6-9,14-21H2,1H3,(H,34,35)/t22-,28?,29?,30?/m0/s1. The summed E-state index contributed by atoms with van der Waals surface area (Å²) in [4.78, 5) is 27.3. The molecule has 3 unspecified atom stereocenters.